The number of halogens is 2. The van der Waals surface area contributed by atoms with Gasteiger partial charge in [-0.2, -0.15) is 0 Å². The van der Waals surface area contributed by atoms with E-state index in [4.69, 9.17) is 0 Å². The van der Waals surface area contributed by atoms with Gasteiger partial charge in [0.05, 0.1) is 10.5 Å². The van der Waals surface area contributed by atoms with E-state index in [9.17, 15) is 10.1 Å². The van der Waals surface area contributed by atoms with Crippen LogP contribution in [-0.4, -0.2) is 10.3 Å². The third kappa shape index (κ3) is 3.92. The van der Waals surface area contributed by atoms with Gasteiger partial charge < -0.3 is 0 Å². The second-order valence-electron chi connectivity index (χ2n) is 3.97. The molecule has 0 saturated heterocycles. The molecule has 1 rings (SSSR count). The van der Waals surface area contributed by atoms with Gasteiger partial charge in [0.15, 0.2) is 0 Å². The van der Waals surface area contributed by atoms with Gasteiger partial charge in [-0.25, -0.2) is 0 Å². The average Bonchev–Trinajstić information content (AvgIpc) is 2.26. The zero-order valence-corrected chi connectivity index (χ0v) is 12.8. The molecule has 0 aromatic heterocycles. The SMILES string of the molecule is CC(C)/C(=C/c1ccc(Br)cc1[N+](=O)[O-])CBr. The van der Waals surface area contributed by atoms with Crippen LogP contribution in [0.1, 0.15) is 19.4 Å². The van der Waals surface area contributed by atoms with E-state index in [2.05, 4.69) is 45.7 Å². The average molecular weight is 363 g/mol. The highest BCUT2D eigenvalue weighted by molar-refractivity contribution is 9.10. The van der Waals surface area contributed by atoms with Crippen LogP contribution in [0.3, 0.4) is 0 Å². The first-order valence-electron chi connectivity index (χ1n) is 5.16. The van der Waals surface area contributed by atoms with Gasteiger partial charge in [-0.05, 0) is 24.1 Å². The van der Waals surface area contributed by atoms with Crippen molar-refractivity contribution in [2.45, 2.75) is 13.8 Å². The maximum absolute atomic E-state index is 11.0. The highest BCUT2D eigenvalue weighted by Crippen LogP contribution is 2.27. The van der Waals surface area contributed by atoms with Crippen LogP contribution in [0.5, 0.6) is 0 Å². The Morgan fingerprint density at radius 3 is 2.65 bits per heavy atom. The molecule has 0 heterocycles. The summed E-state index contributed by atoms with van der Waals surface area (Å²) in [7, 11) is 0. The lowest BCUT2D eigenvalue weighted by Gasteiger charge is -2.08. The lowest BCUT2D eigenvalue weighted by atomic mass is 10.0. The lowest BCUT2D eigenvalue weighted by molar-refractivity contribution is -0.385. The molecule has 0 aliphatic rings. The van der Waals surface area contributed by atoms with Crippen molar-refractivity contribution < 1.29 is 4.92 Å². The molecule has 0 N–H and O–H groups in total. The summed E-state index contributed by atoms with van der Waals surface area (Å²) in [5.41, 5.74) is 1.90. The topological polar surface area (TPSA) is 43.1 Å². The summed E-state index contributed by atoms with van der Waals surface area (Å²) in [6.07, 6.45) is 1.88. The second kappa shape index (κ2) is 6.31. The Hall–Kier alpha value is -0.680. The smallest absolute Gasteiger partial charge is 0.258 e. The highest BCUT2D eigenvalue weighted by Gasteiger charge is 2.13. The van der Waals surface area contributed by atoms with Crippen LogP contribution in [0, 0.1) is 16.0 Å². The largest absolute Gasteiger partial charge is 0.277 e. The van der Waals surface area contributed by atoms with Gasteiger partial charge in [0, 0.05) is 15.9 Å². The van der Waals surface area contributed by atoms with E-state index in [0.717, 1.165) is 10.9 Å². The molecule has 3 nitrogen and oxygen atoms in total. The summed E-state index contributed by atoms with van der Waals surface area (Å²) >= 11 is 6.65. The highest BCUT2D eigenvalue weighted by atomic mass is 79.9. The van der Waals surface area contributed by atoms with Crippen LogP contribution < -0.4 is 0 Å². The summed E-state index contributed by atoms with van der Waals surface area (Å²) in [6.45, 7) is 4.13. The Morgan fingerprint density at radius 2 is 2.18 bits per heavy atom. The molecule has 0 radical (unpaired) electrons. The Kier molecular flexibility index (Phi) is 5.33. The van der Waals surface area contributed by atoms with E-state index in [1.807, 2.05) is 12.1 Å². The minimum Gasteiger partial charge on any atom is -0.258 e. The first kappa shape index (κ1) is 14.4. The van der Waals surface area contributed by atoms with Crippen molar-refractivity contribution >= 4 is 43.6 Å². The maximum Gasteiger partial charge on any atom is 0.277 e. The van der Waals surface area contributed by atoms with E-state index in [1.54, 1.807) is 6.07 Å². The fourth-order valence-electron chi connectivity index (χ4n) is 1.36. The summed E-state index contributed by atoms with van der Waals surface area (Å²) in [5, 5.41) is 11.7. The molecular formula is C12H13Br2NO2. The number of rotatable bonds is 4. The van der Waals surface area contributed by atoms with Gasteiger partial charge in [0.25, 0.3) is 5.69 Å². The Balaban J connectivity index is 3.26. The van der Waals surface area contributed by atoms with Crippen LogP contribution in [0.15, 0.2) is 28.2 Å². The Morgan fingerprint density at radius 1 is 1.53 bits per heavy atom. The molecule has 0 saturated carbocycles. The van der Waals surface area contributed by atoms with Crippen molar-refractivity contribution in [2.24, 2.45) is 5.92 Å². The normalized spacial score (nSPS) is 11.9. The standard InChI is InChI=1S/C12H13Br2NO2/c1-8(2)10(7-13)5-9-3-4-11(14)6-12(9)15(16)17/h3-6,8H,7H2,1-2H3/b10-5+. The van der Waals surface area contributed by atoms with E-state index in [1.165, 1.54) is 6.07 Å². The van der Waals surface area contributed by atoms with Gasteiger partial charge in [0.2, 0.25) is 0 Å². The minimum absolute atomic E-state index is 0.124. The maximum atomic E-state index is 11.0. The molecule has 1 aromatic carbocycles. The predicted octanol–water partition coefficient (Wildman–Crippen LogP) is 4.79. The molecule has 0 unspecified atom stereocenters. The molecule has 0 bridgehead atoms. The predicted molar refractivity (Wildman–Crippen MR) is 77.4 cm³/mol. The molecule has 0 aliphatic carbocycles. The summed E-state index contributed by atoms with van der Waals surface area (Å²) in [4.78, 5) is 10.6. The summed E-state index contributed by atoms with van der Waals surface area (Å²) < 4.78 is 0.714. The minimum atomic E-state index is -0.358. The molecule has 0 fully saturated rings. The van der Waals surface area contributed by atoms with E-state index >= 15 is 0 Å². The molecule has 0 aliphatic heterocycles. The van der Waals surface area contributed by atoms with Crippen molar-refractivity contribution in [3.63, 3.8) is 0 Å². The third-order valence-electron chi connectivity index (χ3n) is 2.43. The Labute approximate surface area is 117 Å². The molecule has 0 spiro atoms. The van der Waals surface area contributed by atoms with Crippen LogP contribution in [0.2, 0.25) is 0 Å². The molecule has 0 amide bonds. The van der Waals surface area contributed by atoms with Gasteiger partial charge in [0.1, 0.15) is 0 Å². The zero-order chi connectivity index (χ0) is 13.0. The number of hydrogen-bond acceptors (Lipinski definition) is 2. The van der Waals surface area contributed by atoms with Crippen molar-refractivity contribution in [3.8, 4) is 0 Å². The van der Waals surface area contributed by atoms with Crippen LogP contribution in [0.25, 0.3) is 6.08 Å². The number of nitro benzene ring substituents is 1. The number of nitrogens with zero attached hydrogens (tertiary/aromatic N) is 1. The first-order valence-corrected chi connectivity index (χ1v) is 7.07. The van der Waals surface area contributed by atoms with Crippen LogP contribution >= 0.6 is 31.9 Å². The van der Waals surface area contributed by atoms with Gasteiger partial charge in [-0.3, -0.25) is 10.1 Å². The molecular weight excluding hydrogens is 350 g/mol. The van der Waals surface area contributed by atoms with Gasteiger partial charge in [-0.1, -0.05) is 51.3 Å². The fraction of sp³-hybridized carbons (Fsp3) is 0.333. The van der Waals surface area contributed by atoms with Gasteiger partial charge in [-0.15, -0.1) is 0 Å². The van der Waals surface area contributed by atoms with Gasteiger partial charge >= 0.3 is 0 Å². The fourth-order valence-corrected chi connectivity index (χ4v) is 2.51. The molecule has 0 atom stereocenters. The number of allylic oxidation sites excluding steroid dienone is 1. The quantitative estimate of drug-likeness (QED) is 0.439. The van der Waals surface area contributed by atoms with Crippen LogP contribution in [-0.2, 0) is 0 Å². The van der Waals surface area contributed by atoms with Crippen molar-refractivity contribution in [2.75, 3.05) is 5.33 Å². The summed E-state index contributed by atoms with van der Waals surface area (Å²) in [5.74, 6) is 0.359. The Bertz CT molecular complexity index is 456. The molecule has 17 heavy (non-hydrogen) atoms. The monoisotopic (exact) mass is 361 g/mol. The first-order chi connectivity index (χ1) is 7.95. The second-order valence-corrected chi connectivity index (χ2v) is 5.44. The van der Waals surface area contributed by atoms with Crippen molar-refractivity contribution in [1.82, 2.24) is 0 Å². The summed E-state index contributed by atoms with van der Waals surface area (Å²) in [6, 6.07) is 5.09. The lowest BCUT2D eigenvalue weighted by Crippen LogP contribution is -1.97. The van der Waals surface area contributed by atoms with Crippen molar-refractivity contribution in [1.29, 1.82) is 0 Å². The van der Waals surface area contributed by atoms with E-state index in [-0.39, 0.29) is 10.6 Å². The molecule has 5 heteroatoms. The number of alkyl halides is 1. The van der Waals surface area contributed by atoms with Crippen LogP contribution in [0.4, 0.5) is 5.69 Å². The number of hydrogen-bond donors (Lipinski definition) is 0. The van der Waals surface area contributed by atoms with E-state index in [0.29, 0.717) is 16.0 Å². The van der Waals surface area contributed by atoms with E-state index < -0.39 is 0 Å². The van der Waals surface area contributed by atoms with Crippen molar-refractivity contribution in [3.05, 3.63) is 43.9 Å². The number of nitro groups is 1. The number of benzene rings is 1. The zero-order valence-electron chi connectivity index (χ0n) is 9.61. The molecule has 92 valence electrons. The molecule has 1 aromatic rings. The third-order valence-corrected chi connectivity index (χ3v) is 3.57.